The van der Waals surface area contributed by atoms with Gasteiger partial charge in [-0.25, -0.2) is 8.42 Å². The number of rotatable bonds is 9. The number of carbonyl (C=O) groups excluding carboxylic acids is 1. The Morgan fingerprint density at radius 1 is 1.17 bits per heavy atom. The van der Waals surface area contributed by atoms with Crippen molar-refractivity contribution in [3.05, 3.63) is 64.2 Å². The first kappa shape index (κ1) is 23.6. The molecule has 8 heteroatoms. The Morgan fingerprint density at radius 2 is 1.90 bits per heavy atom. The molecule has 0 aliphatic heterocycles. The average Bonchev–Trinajstić information content (AvgIpc) is 2.63. The van der Waals surface area contributed by atoms with Crippen LogP contribution in [0, 0.1) is 13.8 Å². The molecule has 0 radical (unpaired) electrons. The number of benzene rings is 2. The van der Waals surface area contributed by atoms with Gasteiger partial charge in [-0.15, -0.1) is 0 Å². The summed E-state index contributed by atoms with van der Waals surface area (Å²) < 4.78 is 25.9. The molecule has 2 aromatic rings. The lowest BCUT2D eigenvalue weighted by Crippen LogP contribution is -2.48. The van der Waals surface area contributed by atoms with Crippen LogP contribution in [0.25, 0.3) is 0 Å². The maximum atomic E-state index is 12.6. The molecule has 0 unspecified atom stereocenters. The lowest BCUT2D eigenvalue weighted by atomic mass is 10.1. The van der Waals surface area contributed by atoms with Gasteiger partial charge in [0, 0.05) is 23.1 Å². The molecule has 0 aliphatic carbocycles. The molecule has 1 atom stereocenters. The summed E-state index contributed by atoms with van der Waals surface area (Å²) in [5.41, 5.74) is 3.66. The van der Waals surface area contributed by atoms with Gasteiger partial charge in [-0.05, 0) is 61.7 Å². The van der Waals surface area contributed by atoms with E-state index in [1.165, 1.54) is 4.31 Å². The number of anilines is 1. The van der Waals surface area contributed by atoms with Gasteiger partial charge in [-0.2, -0.15) is 11.8 Å². The Labute approximate surface area is 182 Å². The van der Waals surface area contributed by atoms with E-state index in [1.807, 2.05) is 44.2 Å². The minimum Gasteiger partial charge on any atom is -0.353 e. The molecule has 0 saturated carbocycles. The number of sulfonamides is 1. The Morgan fingerprint density at radius 3 is 2.52 bits per heavy atom. The van der Waals surface area contributed by atoms with Crippen LogP contribution in [0.3, 0.4) is 0 Å². The van der Waals surface area contributed by atoms with Gasteiger partial charge in [0.25, 0.3) is 0 Å². The fourth-order valence-electron chi connectivity index (χ4n) is 2.88. The molecule has 0 spiro atoms. The number of hydrogen-bond donors (Lipinski definition) is 1. The lowest BCUT2D eigenvalue weighted by molar-refractivity contribution is -0.121. The summed E-state index contributed by atoms with van der Waals surface area (Å²) in [4.78, 5) is 12.6. The molecule has 0 aliphatic rings. The number of amides is 1. The van der Waals surface area contributed by atoms with Crippen LogP contribution in [-0.2, 0) is 20.6 Å². The third-order valence-corrected chi connectivity index (χ3v) is 7.04. The zero-order valence-electron chi connectivity index (χ0n) is 17.1. The molecule has 29 heavy (non-hydrogen) atoms. The number of nitrogens with zero attached hydrogens (tertiary/aromatic N) is 1. The standard InChI is InChI=1S/C21H27ClN2O3S2/c1-15-8-9-20(12-16(15)2)24(29(4,26)27)17(3)21(25)23-10-11-28-14-18-6-5-7-19(22)13-18/h5-9,12-13,17H,10-11,14H2,1-4H3,(H,23,25)/t17-/m0/s1. The van der Waals surface area contributed by atoms with E-state index in [0.29, 0.717) is 23.0 Å². The molecule has 2 rings (SSSR count). The second-order valence-electron chi connectivity index (χ2n) is 6.98. The van der Waals surface area contributed by atoms with Crippen LogP contribution in [0.2, 0.25) is 5.02 Å². The molecule has 1 N–H and O–H groups in total. The summed E-state index contributed by atoms with van der Waals surface area (Å²) in [5.74, 6) is 1.19. The van der Waals surface area contributed by atoms with E-state index in [4.69, 9.17) is 11.6 Å². The first-order chi connectivity index (χ1) is 13.6. The number of hydrogen-bond acceptors (Lipinski definition) is 4. The first-order valence-corrected chi connectivity index (χ1v) is 12.6. The molecular weight excluding hydrogens is 428 g/mol. The van der Waals surface area contributed by atoms with Crippen LogP contribution < -0.4 is 9.62 Å². The predicted molar refractivity (Wildman–Crippen MR) is 123 cm³/mol. The molecule has 0 heterocycles. The fourth-order valence-corrected chi connectivity index (χ4v) is 5.07. The highest BCUT2D eigenvalue weighted by Gasteiger charge is 2.29. The van der Waals surface area contributed by atoms with Crippen molar-refractivity contribution in [1.29, 1.82) is 0 Å². The van der Waals surface area contributed by atoms with Crippen molar-refractivity contribution in [2.45, 2.75) is 32.6 Å². The predicted octanol–water partition coefficient (Wildman–Crippen LogP) is 4.16. The van der Waals surface area contributed by atoms with E-state index >= 15 is 0 Å². The maximum Gasteiger partial charge on any atom is 0.243 e. The molecule has 0 bridgehead atoms. The van der Waals surface area contributed by atoms with E-state index in [-0.39, 0.29) is 5.91 Å². The minimum atomic E-state index is -3.61. The highest BCUT2D eigenvalue weighted by Crippen LogP contribution is 2.24. The van der Waals surface area contributed by atoms with Gasteiger partial charge in [-0.1, -0.05) is 29.8 Å². The number of aryl methyl sites for hydroxylation is 2. The first-order valence-electron chi connectivity index (χ1n) is 9.26. The van der Waals surface area contributed by atoms with Crippen molar-refractivity contribution >= 4 is 45.0 Å². The molecular formula is C21H27ClN2O3S2. The second kappa shape index (κ2) is 10.4. The van der Waals surface area contributed by atoms with E-state index in [0.717, 1.165) is 28.7 Å². The zero-order chi connectivity index (χ0) is 21.6. The fraction of sp³-hybridized carbons (Fsp3) is 0.381. The molecule has 0 saturated heterocycles. The van der Waals surface area contributed by atoms with Gasteiger partial charge in [0.15, 0.2) is 0 Å². The minimum absolute atomic E-state index is 0.322. The SMILES string of the molecule is Cc1ccc(N([C@@H](C)C(=O)NCCSCc2cccc(Cl)c2)S(C)(=O)=O)cc1C. The largest absolute Gasteiger partial charge is 0.353 e. The highest BCUT2D eigenvalue weighted by molar-refractivity contribution is 7.98. The normalized spacial score (nSPS) is 12.4. The van der Waals surface area contributed by atoms with Crippen LogP contribution in [0.1, 0.15) is 23.6 Å². The molecule has 2 aromatic carbocycles. The van der Waals surface area contributed by atoms with E-state index in [9.17, 15) is 13.2 Å². The Bertz CT molecular complexity index is 964. The summed E-state index contributed by atoms with van der Waals surface area (Å²) in [6, 6.07) is 12.2. The summed E-state index contributed by atoms with van der Waals surface area (Å²) in [6.45, 7) is 5.94. The molecule has 0 fully saturated rings. The molecule has 0 aromatic heterocycles. The Balaban J connectivity index is 1.94. The Hall–Kier alpha value is -1.70. The average molecular weight is 455 g/mol. The number of carbonyl (C=O) groups is 1. The lowest BCUT2D eigenvalue weighted by Gasteiger charge is -2.28. The summed E-state index contributed by atoms with van der Waals surface area (Å²) >= 11 is 7.65. The zero-order valence-corrected chi connectivity index (χ0v) is 19.5. The topological polar surface area (TPSA) is 66.5 Å². The van der Waals surface area contributed by atoms with Gasteiger partial charge in [0.05, 0.1) is 11.9 Å². The summed E-state index contributed by atoms with van der Waals surface area (Å²) in [5, 5.41) is 3.54. The van der Waals surface area contributed by atoms with Crippen molar-refractivity contribution in [2.24, 2.45) is 0 Å². The van der Waals surface area contributed by atoms with E-state index in [2.05, 4.69) is 5.32 Å². The van der Waals surface area contributed by atoms with Gasteiger partial charge in [0.1, 0.15) is 6.04 Å². The van der Waals surface area contributed by atoms with Crippen LogP contribution in [0.4, 0.5) is 5.69 Å². The van der Waals surface area contributed by atoms with Gasteiger partial charge >= 0.3 is 0 Å². The monoisotopic (exact) mass is 454 g/mol. The van der Waals surface area contributed by atoms with Crippen molar-refractivity contribution in [3.8, 4) is 0 Å². The quantitative estimate of drug-likeness (QED) is 0.577. The van der Waals surface area contributed by atoms with Crippen molar-refractivity contribution in [2.75, 3.05) is 22.9 Å². The van der Waals surface area contributed by atoms with Crippen LogP contribution in [-0.4, -0.2) is 38.9 Å². The maximum absolute atomic E-state index is 12.6. The number of halogens is 1. The Kier molecular flexibility index (Phi) is 8.43. The van der Waals surface area contributed by atoms with Gasteiger partial charge in [-0.3, -0.25) is 9.10 Å². The summed E-state index contributed by atoms with van der Waals surface area (Å²) in [6.07, 6.45) is 1.12. The molecule has 158 valence electrons. The molecule has 1 amide bonds. The molecule has 5 nitrogen and oxygen atoms in total. The third-order valence-electron chi connectivity index (χ3n) is 4.54. The third kappa shape index (κ3) is 6.94. The van der Waals surface area contributed by atoms with Crippen LogP contribution in [0.5, 0.6) is 0 Å². The van der Waals surface area contributed by atoms with E-state index in [1.54, 1.807) is 30.8 Å². The van der Waals surface area contributed by atoms with Gasteiger partial charge in [0.2, 0.25) is 15.9 Å². The smallest absolute Gasteiger partial charge is 0.243 e. The van der Waals surface area contributed by atoms with E-state index < -0.39 is 16.1 Å². The van der Waals surface area contributed by atoms with Crippen LogP contribution >= 0.6 is 23.4 Å². The van der Waals surface area contributed by atoms with Crippen molar-refractivity contribution < 1.29 is 13.2 Å². The number of nitrogens with one attached hydrogen (secondary N) is 1. The summed E-state index contributed by atoms with van der Waals surface area (Å²) in [7, 11) is -3.61. The number of thioether (sulfide) groups is 1. The van der Waals surface area contributed by atoms with Crippen LogP contribution in [0.15, 0.2) is 42.5 Å². The van der Waals surface area contributed by atoms with Crippen molar-refractivity contribution in [1.82, 2.24) is 5.32 Å². The van der Waals surface area contributed by atoms with Gasteiger partial charge < -0.3 is 5.32 Å². The second-order valence-corrected chi connectivity index (χ2v) is 10.4. The highest BCUT2D eigenvalue weighted by atomic mass is 35.5. The van der Waals surface area contributed by atoms with Crippen molar-refractivity contribution in [3.63, 3.8) is 0 Å².